The van der Waals surface area contributed by atoms with Crippen LogP contribution in [0.4, 0.5) is 5.82 Å². The SMILES string of the molecule is Cc1c(-c2ccccc2)cc(C#N)c(-c2cccnc2N2CCOC(=S=O)C2)c1C(N)=O. The second-order valence-electron chi connectivity index (χ2n) is 7.29. The average Bonchev–Trinajstić information content (AvgIpc) is 2.84. The van der Waals surface area contributed by atoms with E-state index in [-0.39, 0.29) is 12.1 Å². The van der Waals surface area contributed by atoms with E-state index in [9.17, 15) is 14.3 Å². The number of carbonyl (C=O) groups is 1. The van der Waals surface area contributed by atoms with Gasteiger partial charge in [0.1, 0.15) is 17.1 Å². The molecule has 1 fully saturated rings. The lowest BCUT2D eigenvalue weighted by Crippen LogP contribution is -2.40. The standard InChI is InChI=1S/C24H20N4O3S/c1-15-19(16-6-3-2-4-7-16)12-17(13-25)22(21(15)23(26)29)18-8-5-9-27-24(18)28-10-11-31-20(14-28)32-30/h2-9,12H,10-11,14H2,1H3,(H2,26,29). The first kappa shape index (κ1) is 21.4. The summed E-state index contributed by atoms with van der Waals surface area (Å²) in [6.07, 6.45) is 1.64. The lowest BCUT2D eigenvalue weighted by molar-refractivity contribution is 0.100. The molecule has 0 aliphatic carbocycles. The Morgan fingerprint density at radius 2 is 2.00 bits per heavy atom. The van der Waals surface area contributed by atoms with Crippen LogP contribution < -0.4 is 10.6 Å². The normalized spacial score (nSPS) is 13.5. The third-order valence-corrected chi connectivity index (χ3v) is 5.86. The maximum absolute atomic E-state index is 12.7. The van der Waals surface area contributed by atoms with Gasteiger partial charge in [-0.05, 0) is 41.8 Å². The first-order chi connectivity index (χ1) is 15.5. The fraction of sp³-hybridized carbons (Fsp3) is 0.167. The predicted octanol–water partition coefficient (Wildman–Crippen LogP) is 2.87. The van der Waals surface area contributed by atoms with E-state index in [1.54, 1.807) is 18.3 Å². The summed E-state index contributed by atoms with van der Waals surface area (Å²) in [6, 6.07) is 17.1. The minimum atomic E-state index is -0.620. The number of carbonyl (C=O) groups excluding carboxylic acids is 1. The Hall–Kier alpha value is -3.80. The Balaban J connectivity index is 1.98. The highest BCUT2D eigenvalue weighted by molar-refractivity contribution is 7.66. The average molecular weight is 445 g/mol. The number of hydrogen-bond acceptors (Lipinski definition) is 6. The zero-order valence-corrected chi connectivity index (χ0v) is 18.2. The number of ether oxygens (including phenoxy) is 1. The quantitative estimate of drug-likeness (QED) is 0.620. The molecule has 4 rings (SSSR count). The van der Waals surface area contributed by atoms with Crippen LogP contribution in [0.2, 0.25) is 0 Å². The van der Waals surface area contributed by atoms with Crippen LogP contribution in [0.15, 0.2) is 54.7 Å². The van der Waals surface area contributed by atoms with E-state index in [2.05, 4.69) is 11.1 Å². The highest BCUT2D eigenvalue weighted by Gasteiger charge is 2.26. The minimum absolute atomic E-state index is 0.271. The molecular weight excluding hydrogens is 424 g/mol. The van der Waals surface area contributed by atoms with Gasteiger partial charge in [0.05, 0.1) is 30.3 Å². The number of primary amides is 1. The van der Waals surface area contributed by atoms with Crippen molar-refractivity contribution in [3.63, 3.8) is 0 Å². The van der Waals surface area contributed by atoms with Crippen LogP contribution in [0.3, 0.4) is 0 Å². The molecule has 0 spiro atoms. The number of rotatable bonds is 4. The number of nitrogens with two attached hydrogens (primary N) is 1. The number of nitriles is 1. The van der Waals surface area contributed by atoms with Gasteiger partial charge in [-0.25, -0.2) is 9.19 Å². The summed E-state index contributed by atoms with van der Waals surface area (Å²) in [6.45, 7) is 2.97. The van der Waals surface area contributed by atoms with E-state index in [1.807, 2.05) is 48.2 Å². The van der Waals surface area contributed by atoms with Crippen molar-refractivity contribution in [3.05, 3.63) is 71.4 Å². The minimum Gasteiger partial charge on any atom is -0.366 e. The summed E-state index contributed by atoms with van der Waals surface area (Å²) in [5, 5.41) is 10.4. The van der Waals surface area contributed by atoms with Crippen LogP contribution in [-0.4, -0.2) is 39.8 Å². The second-order valence-corrected chi connectivity index (χ2v) is 7.91. The first-order valence-electron chi connectivity index (χ1n) is 9.96. The molecule has 3 aromatic rings. The Morgan fingerprint density at radius 1 is 1.22 bits per heavy atom. The van der Waals surface area contributed by atoms with Crippen molar-refractivity contribution in [3.8, 4) is 28.3 Å². The molecule has 1 saturated heterocycles. The van der Waals surface area contributed by atoms with Gasteiger partial charge in [0.15, 0.2) is 5.05 Å². The second kappa shape index (κ2) is 9.14. The maximum Gasteiger partial charge on any atom is 0.249 e. The van der Waals surface area contributed by atoms with E-state index in [0.717, 1.165) is 11.1 Å². The summed E-state index contributed by atoms with van der Waals surface area (Å²) in [7, 11) is 0. The maximum atomic E-state index is 12.7. The highest BCUT2D eigenvalue weighted by atomic mass is 32.1. The Morgan fingerprint density at radius 3 is 2.69 bits per heavy atom. The first-order valence-corrected chi connectivity index (χ1v) is 10.7. The Bertz CT molecular complexity index is 1290. The van der Waals surface area contributed by atoms with Gasteiger partial charge >= 0.3 is 0 Å². The van der Waals surface area contributed by atoms with E-state index in [1.165, 1.54) is 0 Å². The van der Waals surface area contributed by atoms with Crippen LogP contribution in [0, 0.1) is 18.3 Å². The summed E-state index contributed by atoms with van der Waals surface area (Å²) in [5.41, 5.74) is 9.87. The molecule has 1 amide bonds. The van der Waals surface area contributed by atoms with E-state index < -0.39 is 5.91 Å². The van der Waals surface area contributed by atoms with Crippen molar-refractivity contribution < 1.29 is 13.7 Å². The fourth-order valence-corrected chi connectivity index (χ4v) is 4.34. The number of amides is 1. The summed E-state index contributed by atoms with van der Waals surface area (Å²) < 4.78 is 16.7. The van der Waals surface area contributed by atoms with E-state index in [0.29, 0.717) is 57.5 Å². The van der Waals surface area contributed by atoms with Crippen molar-refractivity contribution in [2.24, 2.45) is 5.73 Å². The van der Waals surface area contributed by atoms with Crippen molar-refractivity contribution in [1.82, 2.24) is 4.98 Å². The molecule has 1 aromatic heterocycles. The number of morpholine rings is 1. The van der Waals surface area contributed by atoms with Gasteiger partial charge in [-0.15, -0.1) is 0 Å². The number of aromatic nitrogens is 1. The molecule has 0 unspecified atom stereocenters. The molecule has 0 radical (unpaired) electrons. The monoisotopic (exact) mass is 444 g/mol. The summed E-state index contributed by atoms with van der Waals surface area (Å²) in [4.78, 5) is 19.1. The number of pyridine rings is 1. The zero-order chi connectivity index (χ0) is 22.7. The van der Waals surface area contributed by atoms with Crippen LogP contribution in [0.5, 0.6) is 0 Å². The van der Waals surface area contributed by atoms with Gasteiger partial charge in [-0.2, -0.15) is 5.26 Å². The number of hydrogen-bond donors (Lipinski definition) is 1. The molecule has 0 saturated carbocycles. The molecule has 2 N–H and O–H groups in total. The third-order valence-electron chi connectivity index (χ3n) is 5.43. The molecule has 160 valence electrons. The fourth-order valence-electron chi connectivity index (χ4n) is 4.00. The molecule has 8 heteroatoms. The van der Waals surface area contributed by atoms with E-state index in [4.69, 9.17) is 10.5 Å². The molecule has 0 atom stereocenters. The topological polar surface area (TPSA) is 109 Å². The van der Waals surface area contributed by atoms with Gasteiger partial charge in [0.2, 0.25) is 5.91 Å². The number of benzene rings is 2. The van der Waals surface area contributed by atoms with Gasteiger partial charge < -0.3 is 15.4 Å². The van der Waals surface area contributed by atoms with Crippen molar-refractivity contribution >= 4 is 28.0 Å². The van der Waals surface area contributed by atoms with Crippen molar-refractivity contribution in [2.45, 2.75) is 6.92 Å². The van der Waals surface area contributed by atoms with Gasteiger partial charge in [-0.1, -0.05) is 30.3 Å². The molecule has 2 heterocycles. The molecule has 2 aromatic carbocycles. The van der Waals surface area contributed by atoms with Crippen molar-refractivity contribution in [1.29, 1.82) is 5.26 Å². The highest BCUT2D eigenvalue weighted by Crippen LogP contribution is 2.39. The summed E-state index contributed by atoms with van der Waals surface area (Å²) in [5.74, 6) is -0.0564. The zero-order valence-electron chi connectivity index (χ0n) is 17.4. The lowest BCUT2D eigenvalue weighted by Gasteiger charge is -2.30. The van der Waals surface area contributed by atoms with Crippen LogP contribution >= 0.6 is 0 Å². The predicted molar refractivity (Wildman–Crippen MR) is 124 cm³/mol. The van der Waals surface area contributed by atoms with Crippen LogP contribution in [0.1, 0.15) is 21.5 Å². The molecule has 32 heavy (non-hydrogen) atoms. The molecule has 1 aliphatic rings. The van der Waals surface area contributed by atoms with Gasteiger partial charge in [0.25, 0.3) is 0 Å². The Labute approximate surface area is 189 Å². The molecular formula is C24H20N4O3S. The summed E-state index contributed by atoms with van der Waals surface area (Å²) >= 11 is 0.312. The van der Waals surface area contributed by atoms with Gasteiger partial charge in [-0.3, -0.25) is 4.79 Å². The molecule has 1 aliphatic heterocycles. The van der Waals surface area contributed by atoms with Crippen molar-refractivity contribution in [2.75, 3.05) is 24.6 Å². The molecule has 0 bridgehead atoms. The lowest BCUT2D eigenvalue weighted by atomic mass is 9.86. The van der Waals surface area contributed by atoms with Crippen LogP contribution in [-0.2, 0) is 16.0 Å². The third kappa shape index (κ3) is 3.91. The Kier molecular flexibility index (Phi) is 6.12. The van der Waals surface area contributed by atoms with Gasteiger partial charge in [0, 0.05) is 23.9 Å². The molecule has 7 nitrogen and oxygen atoms in total. The smallest absolute Gasteiger partial charge is 0.249 e. The largest absolute Gasteiger partial charge is 0.366 e. The number of nitrogens with zero attached hydrogens (tertiary/aromatic N) is 3. The number of anilines is 1. The van der Waals surface area contributed by atoms with Crippen LogP contribution in [0.25, 0.3) is 22.3 Å². The van der Waals surface area contributed by atoms with E-state index >= 15 is 0 Å².